The Morgan fingerprint density at radius 3 is 2.56 bits per heavy atom. The zero-order chi connectivity index (χ0) is 18.2. The fourth-order valence-corrected chi connectivity index (χ4v) is 1.97. The lowest BCUT2D eigenvalue weighted by molar-refractivity contribution is 0.0697. The summed E-state index contributed by atoms with van der Waals surface area (Å²) in [5.74, 6) is -0.348. The van der Waals surface area contributed by atoms with Crippen LogP contribution in [0, 0.1) is 11.3 Å². The highest BCUT2D eigenvalue weighted by Crippen LogP contribution is 2.34. The molecule has 3 N–H and O–H groups in total. The summed E-state index contributed by atoms with van der Waals surface area (Å²) in [7, 11) is 0. The number of carboxylic acid groups (broad SMARTS) is 1. The molecule has 0 aliphatic carbocycles. The Morgan fingerprint density at radius 1 is 1.36 bits per heavy atom. The molecular weight excluding hydrogens is 328 g/mol. The molecule has 0 saturated carbocycles. The topological polar surface area (TPSA) is 146 Å². The molecule has 0 spiro atoms. The van der Waals surface area contributed by atoms with E-state index in [1.165, 1.54) is 18.3 Å². The molecule has 0 atom stereocenters. The van der Waals surface area contributed by atoms with Crippen molar-refractivity contribution >= 4 is 17.2 Å². The molecular formula is C15H16N6O4. The molecule has 10 nitrogen and oxygen atoms in total. The number of nitriles is 1. The number of rotatable bonds is 8. The average molecular weight is 344 g/mol. The largest absolute Gasteiger partial charge is 0.490 e. The van der Waals surface area contributed by atoms with Gasteiger partial charge in [-0.05, 0) is 19.1 Å². The van der Waals surface area contributed by atoms with E-state index in [-0.39, 0.29) is 22.6 Å². The summed E-state index contributed by atoms with van der Waals surface area (Å²) < 4.78 is 10.9. The SMILES string of the molecule is CCOc1cc(NC=C(C#N)c2nn[nH]n2)c(C(=O)O)cc1OCC. The van der Waals surface area contributed by atoms with Crippen LogP contribution in [-0.4, -0.2) is 44.9 Å². The van der Waals surface area contributed by atoms with Crippen LogP contribution in [0.5, 0.6) is 11.5 Å². The van der Waals surface area contributed by atoms with Gasteiger partial charge in [0, 0.05) is 18.3 Å². The number of hydrogen-bond donors (Lipinski definition) is 3. The van der Waals surface area contributed by atoms with Crippen LogP contribution in [0.15, 0.2) is 18.3 Å². The van der Waals surface area contributed by atoms with Crippen molar-refractivity contribution in [3.8, 4) is 17.6 Å². The molecule has 1 aromatic heterocycles. The van der Waals surface area contributed by atoms with E-state index < -0.39 is 5.97 Å². The van der Waals surface area contributed by atoms with E-state index in [0.29, 0.717) is 24.7 Å². The number of aromatic carboxylic acids is 1. The van der Waals surface area contributed by atoms with E-state index >= 15 is 0 Å². The first-order chi connectivity index (χ1) is 12.1. The number of nitrogens with one attached hydrogen (secondary N) is 2. The number of carboxylic acids is 1. The summed E-state index contributed by atoms with van der Waals surface area (Å²) in [5, 5.41) is 34.4. The Bertz CT molecular complexity index is 810. The average Bonchev–Trinajstić information content (AvgIpc) is 3.12. The van der Waals surface area contributed by atoms with Gasteiger partial charge in [-0.15, -0.1) is 10.2 Å². The second kappa shape index (κ2) is 8.30. The number of carbonyl (C=O) groups is 1. The number of benzene rings is 1. The van der Waals surface area contributed by atoms with Crippen molar-refractivity contribution in [3.63, 3.8) is 0 Å². The number of ether oxygens (including phenoxy) is 2. The fraction of sp³-hybridized carbons (Fsp3) is 0.267. The summed E-state index contributed by atoms with van der Waals surface area (Å²) in [4.78, 5) is 11.5. The number of aromatic amines is 1. The van der Waals surface area contributed by atoms with E-state index in [0.717, 1.165) is 0 Å². The van der Waals surface area contributed by atoms with Gasteiger partial charge in [0.15, 0.2) is 11.5 Å². The molecule has 0 amide bonds. The highest BCUT2D eigenvalue weighted by molar-refractivity contribution is 5.96. The van der Waals surface area contributed by atoms with E-state index in [1.54, 1.807) is 13.8 Å². The molecule has 0 aliphatic heterocycles. The molecule has 0 unspecified atom stereocenters. The van der Waals surface area contributed by atoms with Gasteiger partial charge in [-0.1, -0.05) is 0 Å². The molecule has 0 fully saturated rings. The second-order valence-corrected chi connectivity index (χ2v) is 4.57. The minimum Gasteiger partial charge on any atom is -0.490 e. The van der Waals surface area contributed by atoms with Gasteiger partial charge in [0.1, 0.15) is 11.6 Å². The van der Waals surface area contributed by atoms with Crippen LogP contribution in [0.1, 0.15) is 30.0 Å². The molecule has 130 valence electrons. The predicted molar refractivity (Wildman–Crippen MR) is 87.1 cm³/mol. The minimum atomic E-state index is -1.15. The molecule has 2 rings (SSSR count). The van der Waals surface area contributed by atoms with E-state index in [9.17, 15) is 9.90 Å². The number of anilines is 1. The third kappa shape index (κ3) is 4.23. The van der Waals surface area contributed by atoms with Crippen LogP contribution >= 0.6 is 0 Å². The quantitative estimate of drug-likeness (QED) is 0.608. The summed E-state index contributed by atoms with van der Waals surface area (Å²) in [5.41, 5.74) is 0.279. The van der Waals surface area contributed by atoms with Crippen LogP contribution in [-0.2, 0) is 0 Å². The van der Waals surface area contributed by atoms with E-state index in [4.69, 9.17) is 14.7 Å². The van der Waals surface area contributed by atoms with Gasteiger partial charge >= 0.3 is 5.97 Å². The predicted octanol–water partition coefficient (Wildman–Crippen LogP) is 1.67. The lowest BCUT2D eigenvalue weighted by Crippen LogP contribution is -2.06. The van der Waals surface area contributed by atoms with Crippen LogP contribution in [0.3, 0.4) is 0 Å². The number of allylic oxidation sites excluding steroid dienone is 1. The van der Waals surface area contributed by atoms with E-state index in [1.807, 2.05) is 6.07 Å². The summed E-state index contributed by atoms with van der Waals surface area (Å²) >= 11 is 0. The first-order valence-corrected chi connectivity index (χ1v) is 7.38. The summed E-state index contributed by atoms with van der Waals surface area (Å²) in [6.45, 7) is 4.34. The molecule has 0 radical (unpaired) electrons. The van der Waals surface area contributed by atoms with Gasteiger partial charge in [-0.3, -0.25) is 0 Å². The maximum atomic E-state index is 11.5. The zero-order valence-corrected chi connectivity index (χ0v) is 13.6. The fourth-order valence-electron chi connectivity index (χ4n) is 1.97. The van der Waals surface area contributed by atoms with Gasteiger partial charge in [-0.2, -0.15) is 10.5 Å². The smallest absolute Gasteiger partial charge is 0.337 e. The number of H-pyrrole nitrogens is 1. The summed E-state index contributed by atoms with van der Waals surface area (Å²) in [6, 6.07) is 4.77. The Balaban J connectivity index is 2.43. The van der Waals surface area contributed by atoms with Gasteiger partial charge in [0.05, 0.1) is 24.5 Å². The maximum absolute atomic E-state index is 11.5. The van der Waals surface area contributed by atoms with Gasteiger partial charge in [-0.25, -0.2) is 4.79 Å². The van der Waals surface area contributed by atoms with E-state index in [2.05, 4.69) is 25.9 Å². The Hall–Kier alpha value is -3.61. The Labute approximate surface area is 143 Å². The zero-order valence-electron chi connectivity index (χ0n) is 13.6. The van der Waals surface area contributed by atoms with Gasteiger partial charge < -0.3 is 19.9 Å². The second-order valence-electron chi connectivity index (χ2n) is 4.57. The first-order valence-electron chi connectivity index (χ1n) is 7.38. The third-order valence-corrected chi connectivity index (χ3v) is 2.99. The molecule has 2 aromatic rings. The van der Waals surface area contributed by atoms with Gasteiger partial charge in [0.25, 0.3) is 0 Å². The molecule has 0 aliphatic rings. The van der Waals surface area contributed by atoms with Crippen LogP contribution in [0.25, 0.3) is 5.57 Å². The lowest BCUT2D eigenvalue weighted by Gasteiger charge is -2.15. The highest BCUT2D eigenvalue weighted by atomic mass is 16.5. The monoisotopic (exact) mass is 344 g/mol. The van der Waals surface area contributed by atoms with Crippen molar-refractivity contribution in [1.29, 1.82) is 5.26 Å². The third-order valence-electron chi connectivity index (χ3n) is 2.99. The Kier molecular flexibility index (Phi) is 5.89. The number of aromatic nitrogens is 4. The molecule has 25 heavy (non-hydrogen) atoms. The van der Waals surface area contributed by atoms with Crippen molar-refractivity contribution in [2.24, 2.45) is 0 Å². The number of nitrogens with zero attached hydrogens (tertiary/aromatic N) is 4. The molecule has 10 heteroatoms. The normalized spacial score (nSPS) is 10.8. The van der Waals surface area contributed by atoms with Crippen LogP contribution in [0.4, 0.5) is 5.69 Å². The molecule has 0 saturated heterocycles. The van der Waals surface area contributed by atoms with Crippen molar-refractivity contribution in [2.75, 3.05) is 18.5 Å². The van der Waals surface area contributed by atoms with Crippen LogP contribution in [0.2, 0.25) is 0 Å². The summed E-state index contributed by atoms with van der Waals surface area (Å²) in [6.07, 6.45) is 1.29. The Morgan fingerprint density at radius 2 is 2.04 bits per heavy atom. The van der Waals surface area contributed by atoms with Crippen molar-refractivity contribution < 1.29 is 19.4 Å². The van der Waals surface area contributed by atoms with Gasteiger partial charge in [0.2, 0.25) is 5.82 Å². The highest BCUT2D eigenvalue weighted by Gasteiger charge is 2.17. The van der Waals surface area contributed by atoms with Crippen molar-refractivity contribution in [1.82, 2.24) is 20.6 Å². The number of hydrogen-bond acceptors (Lipinski definition) is 8. The van der Waals surface area contributed by atoms with Crippen molar-refractivity contribution in [2.45, 2.75) is 13.8 Å². The maximum Gasteiger partial charge on any atom is 0.337 e. The lowest BCUT2D eigenvalue weighted by atomic mass is 10.1. The molecule has 1 aromatic carbocycles. The van der Waals surface area contributed by atoms with Crippen LogP contribution < -0.4 is 14.8 Å². The number of tetrazole rings is 1. The molecule has 0 bridgehead atoms. The molecule has 1 heterocycles. The first kappa shape index (κ1) is 17.7. The standard InChI is InChI=1S/C15H16N6O4/c1-3-24-12-5-10(15(22)23)11(6-13(12)25-4-2)17-8-9(7-16)14-18-20-21-19-14/h5-6,8,17H,3-4H2,1-2H3,(H,22,23)(H,18,19,20,21). The minimum absolute atomic E-state index is 0.0337. The van der Waals surface area contributed by atoms with Crippen molar-refractivity contribution in [3.05, 3.63) is 29.7 Å².